The van der Waals surface area contributed by atoms with Crippen LogP contribution in [-0.2, 0) is 4.79 Å². The molecule has 0 aromatic carbocycles. The molecule has 0 spiro atoms. The number of carbonyl (C=O) groups excluding carboxylic acids is 1. The standard InChI is InChI=1S/C14H28N2O/c1-10-6-4-8-13(12(10)3)16-14(17)11(2)7-5-9-15/h10-13H,4-9,15H2,1-3H3,(H,16,17). The number of rotatable bonds is 5. The highest BCUT2D eigenvalue weighted by Crippen LogP contribution is 2.29. The van der Waals surface area contributed by atoms with Gasteiger partial charge in [-0.3, -0.25) is 4.79 Å². The van der Waals surface area contributed by atoms with Gasteiger partial charge in [0.25, 0.3) is 0 Å². The fourth-order valence-electron chi connectivity index (χ4n) is 2.67. The predicted octanol–water partition coefficient (Wildman–Crippen LogP) is 2.30. The van der Waals surface area contributed by atoms with Gasteiger partial charge in [0.05, 0.1) is 0 Å². The summed E-state index contributed by atoms with van der Waals surface area (Å²) >= 11 is 0. The van der Waals surface area contributed by atoms with Crippen LogP contribution in [0.2, 0.25) is 0 Å². The van der Waals surface area contributed by atoms with Gasteiger partial charge in [-0.05, 0) is 37.6 Å². The SMILES string of the molecule is CC(CCCN)C(=O)NC1CCCC(C)C1C. The summed E-state index contributed by atoms with van der Waals surface area (Å²) in [5.41, 5.74) is 5.47. The molecular weight excluding hydrogens is 212 g/mol. The van der Waals surface area contributed by atoms with Crippen LogP contribution in [-0.4, -0.2) is 18.5 Å². The smallest absolute Gasteiger partial charge is 0.223 e. The van der Waals surface area contributed by atoms with Crippen LogP contribution < -0.4 is 11.1 Å². The molecular formula is C14H28N2O. The van der Waals surface area contributed by atoms with Crippen molar-refractivity contribution >= 4 is 5.91 Å². The Labute approximate surface area is 106 Å². The maximum Gasteiger partial charge on any atom is 0.223 e. The molecule has 4 atom stereocenters. The van der Waals surface area contributed by atoms with Gasteiger partial charge in [0.2, 0.25) is 5.91 Å². The van der Waals surface area contributed by atoms with E-state index in [9.17, 15) is 4.79 Å². The third-order valence-electron chi connectivity index (χ3n) is 4.32. The van der Waals surface area contributed by atoms with E-state index in [2.05, 4.69) is 19.2 Å². The summed E-state index contributed by atoms with van der Waals surface area (Å²) in [5.74, 6) is 1.65. The molecule has 0 aromatic rings. The molecule has 0 aliphatic heterocycles. The van der Waals surface area contributed by atoms with Crippen LogP contribution in [0.1, 0.15) is 52.9 Å². The van der Waals surface area contributed by atoms with E-state index < -0.39 is 0 Å². The summed E-state index contributed by atoms with van der Waals surface area (Å²) in [6.45, 7) is 7.23. The minimum absolute atomic E-state index is 0.1000. The molecule has 1 rings (SSSR count). The van der Waals surface area contributed by atoms with E-state index in [1.54, 1.807) is 0 Å². The van der Waals surface area contributed by atoms with Gasteiger partial charge in [-0.15, -0.1) is 0 Å². The minimum atomic E-state index is 0.1000. The van der Waals surface area contributed by atoms with Crippen molar-refractivity contribution in [3.05, 3.63) is 0 Å². The van der Waals surface area contributed by atoms with E-state index >= 15 is 0 Å². The monoisotopic (exact) mass is 240 g/mol. The largest absolute Gasteiger partial charge is 0.353 e. The third-order valence-corrected chi connectivity index (χ3v) is 4.32. The van der Waals surface area contributed by atoms with Crippen LogP contribution in [0, 0.1) is 17.8 Å². The number of hydrogen-bond donors (Lipinski definition) is 2. The van der Waals surface area contributed by atoms with Gasteiger partial charge in [0.15, 0.2) is 0 Å². The molecule has 0 bridgehead atoms. The van der Waals surface area contributed by atoms with Crippen LogP contribution in [0.3, 0.4) is 0 Å². The lowest BCUT2D eigenvalue weighted by Gasteiger charge is -2.35. The predicted molar refractivity (Wildman–Crippen MR) is 71.6 cm³/mol. The van der Waals surface area contributed by atoms with E-state index in [1.807, 2.05) is 6.92 Å². The molecule has 1 fully saturated rings. The van der Waals surface area contributed by atoms with Gasteiger partial charge in [0, 0.05) is 12.0 Å². The van der Waals surface area contributed by atoms with E-state index in [4.69, 9.17) is 5.73 Å². The lowest BCUT2D eigenvalue weighted by atomic mass is 9.78. The second kappa shape index (κ2) is 7.00. The summed E-state index contributed by atoms with van der Waals surface area (Å²) in [4.78, 5) is 12.0. The van der Waals surface area contributed by atoms with Crippen molar-refractivity contribution in [3.8, 4) is 0 Å². The van der Waals surface area contributed by atoms with Crippen molar-refractivity contribution < 1.29 is 4.79 Å². The van der Waals surface area contributed by atoms with E-state index in [1.165, 1.54) is 12.8 Å². The van der Waals surface area contributed by atoms with Crippen LogP contribution >= 0.6 is 0 Å². The lowest BCUT2D eigenvalue weighted by molar-refractivity contribution is -0.126. The van der Waals surface area contributed by atoms with Crippen LogP contribution in [0.15, 0.2) is 0 Å². The Morgan fingerprint density at radius 2 is 2.12 bits per heavy atom. The molecule has 0 heterocycles. The van der Waals surface area contributed by atoms with Gasteiger partial charge in [-0.1, -0.05) is 33.6 Å². The Hall–Kier alpha value is -0.570. The maximum absolute atomic E-state index is 12.0. The third kappa shape index (κ3) is 4.30. The molecule has 3 nitrogen and oxygen atoms in total. The molecule has 0 aromatic heterocycles. The van der Waals surface area contributed by atoms with Gasteiger partial charge < -0.3 is 11.1 Å². The molecule has 1 aliphatic rings. The van der Waals surface area contributed by atoms with Crippen molar-refractivity contribution in [3.63, 3.8) is 0 Å². The molecule has 100 valence electrons. The summed E-state index contributed by atoms with van der Waals surface area (Å²) in [6, 6.07) is 0.381. The van der Waals surface area contributed by atoms with Crippen LogP contribution in [0.25, 0.3) is 0 Å². The number of nitrogens with two attached hydrogens (primary N) is 1. The Balaban J connectivity index is 2.39. The fourth-order valence-corrected chi connectivity index (χ4v) is 2.67. The van der Waals surface area contributed by atoms with Gasteiger partial charge >= 0.3 is 0 Å². The second-order valence-corrected chi connectivity index (χ2v) is 5.71. The van der Waals surface area contributed by atoms with Crippen molar-refractivity contribution in [2.24, 2.45) is 23.5 Å². The van der Waals surface area contributed by atoms with Crippen LogP contribution in [0.4, 0.5) is 0 Å². The first-order chi connectivity index (χ1) is 8.06. The lowest BCUT2D eigenvalue weighted by Crippen LogP contribution is -2.45. The normalized spacial score (nSPS) is 30.9. The second-order valence-electron chi connectivity index (χ2n) is 5.71. The summed E-state index contributed by atoms with van der Waals surface area (Å²) < 4.78 is 0. The first-order valence-corrected chi connectivity index (χ1v) is 7.06. The zero-order valence-electron chi connectivity index (χ0n) is 11.5. The van der Waals surface area contributed by atoms with Gasteiger partial charge in [-0.25, -0.2) is 0 Å². The average Bonchev–Trinajstić information content (AvgIpc) is 2.31. The molecule has 17 heavy (non-hydrogen) atoms. The maximum atomic E-state index is 12.0. The Morgan fingerprint density at radius 1 is 1.41 bits per heavy atom. The highest BCUT2D eigenvalue weighted by molar-refractivity contribution is 5.78. The van der Waals surface area contributed by atoms with E-state index in [0.717, 1.165) is 25.2 Å². The number of nitrogens with one attached hydrogen (secondary N) is 1. The molecule has 1 aliphatic carbocycles. The molecule has 1 amide bonds. The van der Waals surface area contributed by atoms with Crippen molar-refractivity contribution in [1.82, 2.24) is 5.32 Å². The van der Waals surface area contributed by atoms with Crippen LogP contribution in [0.5, 0.6) is 0 Å². The molecule has 4 unspecified atom stereocenters. The van der Waals surface area contributed by atoms with E-state index in [-0.39, 0.29) is 11.8 Å². The average molecular weight is 240 g/mol. The number of carbonyl (C=O) groups is 1. The first-order valence-electron chi connectivity index (χ1n) is 7.06. The fraction of sp³-hybridized carbons (Fsp3) is 0.929. The number of hydrogen-bond acceptors (Lipinski definition) is 2. The zero-order valence-corrected chi connectivity index (χ0v) is 11.5. The summed E-state index contributed by atoms with van der Waals surface area (Å²) in [6.07, 6.45) is 5.52. The van der Waals surface area contributed by atoms with Gasteiger partial charge in [-0.2, -0.15) is 0 Å². The highest BCUT2D eigenvalue weighted by Gasteiger charge is 2.28. The zero-order chi connectivity index (χ0) is 12.8. The molecule has 3 heteroatoms. The highest BCUT2D eigenvalue weighted by atomic mass is 16.1. The van der Waals surface area contributed by atoms with Crippen molar-refractivity contribution in [1.29, 1.82) is 0 Å². The Morgan fingerprint density at radius 3 is 2.76 bits per heavy atom. The van der Waals surface area contributed by atoms with Crippen molar-refractivity contribution in [2.75, 3.05) is 6.54 Å². The first kappa shape index (κ1) is 14.5. The van der Waals surface area contributed by atoms with E-state index in [0.29, 0.717) is 18.5 Å². The molecule has 0 radical (unpaired) electrons. The Kier molecular flexibility index (Phi) is 5.96. The number of amides is 1. The topological polar surface area (TPSA) is 55.1 Å². The molecule has 0 saturated heterocycles. The minimum Gasteiger partial charge on any atom is -0.353 e. The molecule has 1 saturated carbocycles. The molecule has 3 N–H and O–H groups in total. The summed E-state index contributed by atoms with van der Waals surface area (Å²) in [5, 5.41) is 3.23. The Bertz CT molecular complexity index is 242. The van der Waals surface area contributed by atoms with Gasteiger partial charge in [0.1, 0.15) is 0 Å². The van der Waals surface area contributed by atoms with Crippen molar-refractivity contribution in [2.45, 2.75) is 58.9 Å². The summed E-state index contributed by atoms with van der Waals surface area (Å²) in [7, 11) is 0. The quantitative estimate of drug-likeness (QED) is 0.774.